The third-order valence-electron chi connectivity index (χ3n) is 3.94. The van der Waals surface area contributed by atoms with Crippen LogP contribution in [0.15, 0.2) is 54.6 Å². The summed E-state index contributed by atoms with van der Waals surface area (Å²) in [4.78, 5) is 12.0. The zero-order chi connectivity index (χ0) is 20.4. The van der Waals surface area contributed by atoms with Crippen LogP contribution in [0.2, 0.25) is 0 Å². The molecule has 0 spiro atoms. The number of rotatable bonds is 11. The van der Waals surface area contributed by atoms with Crippen LogP contribution < -0.4 is 19.1 Å². The molecule has 0 saturated heterocycles. The molecule has 2 aromatic rings. The lowest BCUT2D eigenvalue weighted by Crippen LogP contribution is -2.32. The standard InChI is InChI=1S/C20H26N2O5S/c1-26-19-11-6-8-17(16-19)22(28(2,24)25)14-7-12-20(23)21-13-15-27-18-9-4-3-5-10-18/h3-6,8-11,16H,7,12-15H2,1-2H3,(H,21,23). The van der Waals surface area contributed by atoms with Gasteiger partial charge in [0.05, 0.1) is 25.6 Å². The molecular weight excluding hydrogens is 380 g/mol. The number of benzene rings is 2. The number of hydrogen-bond donors (Lipinski definition) is 1. The Balaban J connectivity index is 1.77. The smallest absolute Gasteiger partial charge is 0.232 e. The predicted octanol–water partition coefficient (Wildman–Crippen LogP) is 2.44. The Morgan fingerprint density at radius 3 is 2.46 bits per heavy atom. The van der Waals surface area contributed by atoms with E-state index in [1.165, 1.54) is 11.4 Å². The maximum absolute atomic E-state index is 12.1. The summed E-state index contributed by atoms with van der Waals surface area (Å²) in [6.07, 6.45) is 1.77. The molecule has 2 rings (SSSR count). The van der Waals surface area contributed by atoms with Crippen molar-refractivity contribution in [1.82, 2.24) is 5.32 Å². The van der Waals surface area contributed by atoms with E-state index in [2.05, 4.69) is 5.32 Å². The van der Waals surface area contributed by atoms with Crippen LogP contribution in [0, 0.1) is 0 Å². The lowest BCUT2D eigenvalue weighted by Gasteiger charge is -2.22. The highest BCUT2D eigenvalue weighted by molar-refractivity contribution is 7.92. The molecule has 7 nitrogen and oxygen atoms in total. The van der Waals surface area contributed by atoms with Gasteiger partial charge in [-0.15, -0.1) is 0 Å². The first kappa shape index (κ1) is 21.6. The number of methoxy groups -OCH3 is 1. The summed E-state index contributed by atoms with van der Waals surface area (Å²) in [6.45, 7) is 0.967. The molecule has 0 heterocycles. The summed E-state index contributed by atoms with van der Waals surface area (Å²) in [7, 11) is -1.94. The third kappa shape index (κ3) is 7.11. The van der Waals surface area contributed by atoms with Gasteiger partial charge in [-0.3, -0.25) is 9.10 Å². The Kier molecular flexibility index (Phi) is 8.13. The summed E-state index contributed by atoms with van der Waals surface area (Å²) in [5.74, 6) is 1.18. The van der Waals surface area contributed by atoms with Crippen LogP contribution in [0.4, 0.5) is 5.69 Å². The zero-order valence-corrected chi connectivity index (χ0v) is 16.9. The molecule has 0 aliphatic heterocycles. The van der Waals surface area contributed by atoms with E-state index < -0.39 is 10.0 Å². The second kappa shape index (κ2) is 10.6. The number of para-hydroxylation sites is 1. The highest BCUT2D eigenvalue weighted by Gasteiger charge is 2.18. The Labute approximate surface area is 166 Å². The van der Waals surface area contributed by atoms with Gasteiger partial charge in [-0.25, -0.2) is 8.42 Å². The lowest BCUT2D eigenvalue weighted by atomic mass is 10.2. The Bertz CT molecular complexity index is 856. The number of sulfonamides is 1. The van der Waals surface area contributed by atoms with E-state index in [9.17, 15) is 13.2 Å². The third-order valence-corrected chi connectivity index (χ3v) is 5.14. The number of anilines is 1. The molecule has 1 amide bonds. The van der Waals surface area contributed by atoms with E-state index in [0.29, 0.717) is 31.0 Å². The molecule has 0 fully saturated rings. The number of carbonyl (C=O) groups excluding carboxylic acids is 1. The van der Waals surface area contributed by atoms with Crippen molar-refractivity contribution in [3.05, 3.63) is 54.6 Å². The molecule has 0 saturated carbocycles. The SMILES string of the molecule is COc1cccc(N(CCCC(=O)NCCOc2ccccc2)S(C)(=O)=O)c1. The van der Waals surface area contributed by atoms with Crippen LogP contribution in [0.5, 0.6) is 11.5 Å². The maximum Gasteiger partial charge on any atom is 0.232 e. The normalized spacial score (nSPS) is 10.9. The number of amides is 1. The Morgan fingerprint density at radius 2 is 1.79 bits per heavy atom. The van der Waals surface area contributed by atoms with Gasteiger partial charge in [0.15, 0.2) is 0 Å². The second-order valence-corrected chi connectivity index (χ2v) is 8.06. The van der Waals surface area contributed by atoms with Gasteiger partial charge in [-0.1, -0.05) is 24.3 Å². The Morgan fingerprint density at radius 1 is 1.07 bits per heavy atom. The van der Waals surface area contributed by atoms with Crippen molar-refractivity contribution in [2.24, 2.45) is 0 Å². The van der Waals surface area contributed by atoms with Crippen molar-refractivity contribution in [3.8, 4) is 11.5 Å². The molecule has 0 aromatic heterocycles. The monoisotopic (exact) mass is 406 g/mol. The van der Waals surface area contributed by atoms with E-state index in [0.717, 1.165) is 12.0 Å². The van der Waals surface area contributed by atoms with Crippen LogP contribution in [0.3, 0.4) is 0 Å². The lowest BCUT2D eigenvalue weighted by molar-refractivity contribution is -0.121. The molecule has 0 aliphatic rings. The molecule has 28 heavy (non-hydrogen) atoms. The molecule has 1 N–H and O–H groups in total. The van der Waals surface area contributed by atoms with Crippen molar-refractivity contribution in [2.45, 2.75) is 12.8 Å². The summed E-state index contributed by atoms with van der Waals surface area (Å²) >= 11 is 0. The van der Waals surface area contributed by atoms with Crippen LogP contribution in [0.1, 0.15) is 12.8 Å². The number of carbonyl (C=O) groups is 1. The second-order valence-electron chi connectivity index (χ2n) is 6.15. The fourth-order valence-corrected chi connectivity index (χ4v) is 3.56. The first-order chi connectivity index (χ1) is 13.4. The highest BCUT2D eigenvalue weighted by atomic mass is 32.2. The van der Waals surface area contributed by atoms with Crippen LogP contribution >= 0.6 is 0 Å². The van der Waals surface area contributed by atoms with Gasteiger partial charge in [-0.2, -0.15) is 0 Å². The zero-order valence-electron chi connectivity index (χ0n) is 16.1. The van der Waals surface area contributed by atoms with E-state index in [1.54, 1.807) is 24.3 Å². The van der Waals surface area contributed by atoms with E-state index in [-0.39, 0.29) is 18.9 Å². The minimum Gasteiger partial charge on any atom is -0.497 e. The van der Waals surface area contributed by atoms with Gasteiger partial charge in [0.1, 0.15) is 18.1 Å². The number of nitrogens with zero attached hydrogens (tertiary/aromatic N) is 1. The molecule has 0 unspecified atom stereocenters. The number of nitrogens with one attached hydrogen (secondary N) is 1. The highest BCUT2D eigenvalue weighted by Crippen LogP contribution is 2.23. The van der Waals surface area contributed by atoms with Gasteiger partial charge >= 0.3 is 0 Å². The summed E-state index contributed by atoms with van der Waals surface area (Å²) < 4.78 is 36.2. The minimum atomic E-state index is -3.47. The predicted molar refractivity (Wildman–Crippen MR) is 109 cm³/mol. The first-order valence-corrected chi connectivity index (χ1v) is 10.8. The van der Waals surface area contributed by atoms with Crippen molar-refractivity contribution in [3.63, 3.8) is 0 Å². The number of hydrogen-bond acceptors (Lipinski definition) is 5. The molecule has 8 heteroatoms. The van der Waals surface area contributed by atoms with Gasteiger partial charge in [0, 0.05) is 19.0 Å². The van der Waals surface area contributed by atoms with Gasteiger partial charge in [0.2, 0.25) is 15.9 Å². The van der Waals surface area contributed by atoms with Gasteiger partial charge < -0.3 is 14.8 Å². The quantitative estimate of drug-likeness (QED) is 0.580. The molecule has 2 aromatic carbocycles. The average Bonchev–Trinajstić information content (AvgIpc) is 2.68. The average molecular weight is 407 g/mol. The topological polar surface area (TPSA) is 84.9 Å². The molecular formula is C20H26N2O5S. The fourth-order valence-electron chi connectivity index (χ4n) is 2.60. The molecule has 0 bridgehead atoms. The van der Waals surface area contributed by atoms with Crippen molar-refractivity contribution < 1.29 is 22.7 Å². The van der Waals surface area contributed by atoms with Crippen LogP contribution in [-0.4, -0.2) is 47.4 Å². The van der Waals surface area contributed by atoms with Gasteiger partial charge in [-0.05, 0) is 30.7 Å². The largest absolute Gasteiger partial charge is 0.497 e. The van der Waals surface area contributed by atoms with Crippen molar-refractivity contribution >= 4 is 21.6 Å². The van der Waals surface area contributed by atoms with E-state index >= 15 is 0 Å². The maximum atomic E-state index is 12.1. The first-order valence-electron chi connectivity index (χ1n) is 8.96. The summed E-state index contributed by atoms with van der Waals surface area (Å²) in [6, 6.07) is 16.2. The minimum absolute atomic E-state index is 0.143. The number of ether oxygens (including phenoxy) is 2. The van der Waals surface area contributed by atoms with E-state index in [4.69, 9.17) is 9.47 Å². The van der Waals surface area contributed by atoms with Crippen LogP contribution in [-0.2, 0) is 14.8 Å². The van der Waals surface area contributed by atoms with Crippen molar-refractivity contribution in [1.29, 1.82) is 0 Å². The molecule has 152 valence electrons. The summed E-state index contributed by atoms with van der Waals surface area (Å²) in [5, 5.41) is 2.77. The molecule has 0 aliphatic carbocycles. The fraction of sp³-hybridized carbons (Fsp3) is 0.350. The van der Waals surface area contributed by atoms with Gasteiger partial charge in [0.25, 0.3) is 0 Å². The van der Waals surface area contributed by atoms with E-state index in [1.807, 2.05) is 30.3 Å². The van der Waals surface area contributed by atoms with Crippen LogP contribution in [0.25, 0.3) is 0 Å². The molecule has 0 atom stereocenters. The van der Waals surface area contributed by atoms with Crippen molar-refractivity contribution in [2.75, 3.05) is 37.4 Å². The Hall–Kier alpha value is -2.74. The molecule has 0 radical (unpaired) electrons. The summed E-state index contributed by atoms with van der Waals surface area (Å²) in [5.41, 5.74) is 0.513.